The molecule has 10 heteroatoms. The molecule has 0 radical (unpaired) electrons. The molecule has 2 aromatic carbocycles. The van der Waals surface area contributed by atoms with Crippen molar-refractivity contribution in [2.45, 2.75) is 13.5 Å². The zero-order valence-electron chi connectivity index (χ0n) is 17.9. The van der Waals surface area contributed by atoms with Crippen LogP contribution in [0.2, 0.25) is 5.02 Å². The molecule has 0 unspecified atom stereocenters. The van der Waals surface area contributed by atoms with Gasteiger partial charge in [-0.1, -0.05) is 41.5 Å². The van der Waals surface area contributed by atoms with Gasteiger partial charge in [-0.25, -0.2) is 14.6 Å². The molecule has 1 aliphatic heterocycles. The Morgan fingerprint density at radius 2 is 2.12 bits per heavy atom. The van der Waals surface area contributed by atoms with E-state index >= 15 is 0 Å². The number of ether oxygens (including phenoxy) is 1. The summed E-state index contributed by atoms with van der Waals surface area (Å²) in [6.07, 6.45) is 1.22. The standard InChI is InChI=1S/C23H20ClN5O4/c1-13-9-19(18-8-7-17(24)11-20(18)26-22(30)32-3)25-14(2)29(13)12-15-5-4-6-16(10-15)21-27-23(31)33-28-21/h4-11H,1,12H2,2-3H3,(H,26,30)(H,27,28,31). The molecule has 1 amide bonds. The SMILES string of the molecule is C=C1C=C(c2ccc(Cl)cc2NC(=O)OC)N=C(C)N1Cc1cccc(-c2noc(=O)[nH]2)c1. The highest BCUT2D eigenvalue weighted by atomic mass is 35.5. The fourth-order valence-electron chi connectivity index (χ4n) is 3.42. The summed E-state index contributed by atoms with van der Waals surface area (Å²) in [7, 11) is 1.29. The Labute approximate surface area is 194 Å². The smallest absolute Gasteiger partial charge is 0.439 e. The number of halogens is 1. The van der Waals surface area contributed by atoms with Crippen LogP contribution in [0.15, 0.2) is 75.1 Å². The van der Waals surface area contributed by atoms with Crippen molar-refractivity contribution in [2.75, 3.05) is 12.4 Å². The largest absolute Gasteiger partial charge is 0.453 e. The lowest BCUT2D eigenvalue weighted by Gasteiger charge is -2.29. The molecule has 0 fully saturated rings. The highest BCUT2D eigenvalue weighted by Crippen LogP contribution is 2.32. The fourth-order valence-corrected chi connectivity index (χ4v) is 3.59. The summed E-state index contributed by atoms with van der Waals surface area (Å²) in [5.41, 5.74) is 4.20. The summed E-state index contributed by atoms with van der Waals surface area (Å²) in [6.45, 7) is 6.56. The van der Waals surface area contributed by atoms with Gasteiger partial charge in [0.05, 0.1) is 18.5 Å². The number of hydrogen-bond donors (Lipinski definition) is 2. The van der Waals surface area contributed by atoms with E-state index in [0.717, 1.165) is 22.7 Å². The second-order valence-corrected chi connectivity index (χ2v) is 7.65. The summed E-state index contributed by atoms with van der Waals surface area (Å²) in [4.78, 5) is 32.2. The third-order valence-electron chi connectivity index (χ3n) is 4.98. The first-order valence-electron chi connectivity index (χ1n) is 9.87. The van der Waals surface area contributed by atoms with E-state index in [1.54, 1.807) is 18.2 Å². The van der Waals surface area contributed by atoms with Gasteiger partial charge in [-0.15, -0.1) is 0 Å². The summed E-state index contributed by atoms with van der Waals surface area (Å²) in [5.74, 6) is 0.473. The van der Waals surface area contributed by atoms with Gasteiger partial charge in [0.2, 0.25) is 0 Å². The van der Waals surface area contributed by atoms with E-state index in [1.807, 2.05) is 42.2 Å². The van der Waals surface area contributed by atoms with E-state index in [-0.39, 0.29) is 0 Å². The molecule has 0 spiro atoms. The Balaban J connectivity index is 1.59. The van der Waals surface area contributed by atoms with Crippen LogP contribution in [-0.2, 0) is 11.3 Å². The molecule has 9 nitrogen and oxygen atoms in total. The number of carbonyl (C=O) groups is 1. The maximum Gasteiger partial charge on any atom is 0.439 e. The number of benzene rings is 2. The highest BCUT2D eigenvalue weighted by molar-refractivity contribution is 6.31. The summed E-state index contributed by atoms with van der Waals surface area (Å²) >= 11 is 6.11. The molecular formula is C23H20ClN5O4. The van der Waals surface area contributed by atoms with Crippen molar-refractivity contribution in [1.29, 1.82) is 0 Å². The van der Waals surface area contributed by atoms with Crippen molar-refractivity contribution in [3.8, 4) is 11.4 Å². The first-order chi connectivity index (χ1) is 15.8. The second kappa shape index (κ2) is 9.17. The Bertz CT molecular complexity index is 1350. The van der Waals surface area contributed by atoms with E-state index in [2.05, 4.69) is 26.6 Å². The molecule has 2 heterocycles. The Morgan fingerprint density at radius 1 is 1.30 bits per heavy atom. The van der Waals surface area contributed by atoms with E-state index in [0.29, 0.717) is 34.3 Å². The number of methoxy groups -OCH3 is 1. The Hall–Kier alpha value is -4.11. The topological polar surface area (TPSA) is 113 Å². The fraction of sp³-hybridized carbons (Fsp3) is 0.130. The van der Waals surface area contributed by atoms with Crippen LogP contribution in [-0.4, -0.2) is 34.1 Å². The molecule has 0 bridgehead atoms. The highest BCUT2D eigenvalue weighted by Gasteiger charge is 2.20. The first-order valence-corrected chi connectivity index (χ1v) is 10.3. The van der Waals surface area contributed by atoms with Crippen LogP contribution in [0, 0.1) is 0 Å². The number of amides is 1. The number of allylic oxidation sites excluding steroid dienone is 1. The van der Waals surface area contributed by atoms with Crippen molar-refractivity contribution in [1.82, 2.24) is 15.0 Å². The number of nitrogens with zero attached hydrogens (tertiary/aromatic N) is 3. The molecule has 4 rings (SSSR count). The molecule has 33 heavy (non-hydrogen) atoms. The van der Waals surface area contributed by atoms with Gasteiger partial charge in [0.1, 0.15) is 5.84 Å². The summed E-state index contributed by atoms with van der Waals surface area (Å²) < 4.78 is 9.29. The minimum atomic E-state index is -0.608. The molecule has 3 aromatic rings. The van der Waals surface area contributed by atoms with Gasteiger partial charge in [0, 0.05) is 28.4 Å². The van der Waals surface area contributed by atoms with Crippen LogP contribution in [0.5, 0.6) is 0 Å². The zero-order valence-corrected chi connectivity index (χ0v) is 18.6. The van der Waals surface area contributed by atoms with Gasteiger partial charge in [0.15, 0.2) is 5.82 Å². The van der Waals surface area contributed by atoms with E-state index in [9.17, 15) is 9.59 Å². The summed E-state index contributed by atoms with van der Waals surface area (Å²) in [5, 5.41) is 6.87. The number of aliphatic imine (C=N–C) groups is 1. The van der Waals surface area contributed by atoms with Crippen LogP contribution in [0.4, 0.5) is 10.5 Å². The molecule has 0 saturated heterocycles. The number of aromatic amines is 1. The number of anilines is 1. The third-order valence-corrected chi connectivity index (χ3v) is 5.22. The third kappa shape index (κ3) is 4.88. The lowest BCUT2D eigenvalue weighted by molar-refractivity contribution is 0.187. The number of aromatic nitrogens is 2. The van der Waals surface area contributed by atoms with Gasteiger partial charge in [-0.3, -0.25) is 14.8 Å². The van der Waals surface area contributed by atoms with Crippen LogP contribution < -0.4 is 11.1 Å². The average molecular weight is 466 g/mol. The van der Waals surface area contributed by atoms with Gasteiger partial charge in [0.25, 0.3) is 0 Å². The van der Waals surface area contributed by atoms with E-state index < -0.39 is 11.8 Å². The molecule has 0 atom stereocenters. The van der Waals surface area contributed by atoms with Crippen LogP contribution >= 0.6 is 11.6 Å². The molecule has 1 aromatic heterocycles. The van der Waals surface area contributed by atoms with Crippen molar-refractivity contribution in [3.63, 3.8) is 0 Å². The van der Waals surface area contributed by atoms with E-state index in [1.165, 1.54) is 7.11 Å². The molecular weight excluding hydrogens is 446 g/mol. The number of nitrogens with one attached hydrogen (secondary N) is 2. The van der Waals surface area contributed by atoms with Crippen molar-refractivity contribution < 1.29 is 14.1 Å². The van der Waals surface area contributed by atoms with E-state index in [4.69, 9.17) is 21.3 Å². The predicted octanol–water partition coefficient (Wildman–Crippen LogP) is 4.65. The lowest BCUT2D eigenvalue weighted by Crippen LogP contribution is -2.29. The monoisotopic (exact) mass is 465 g/mol. The predicted molar refractivity (Wildman–Crippen MR) is 126 cm³/mol. The Morgan fingerprint density at radius 3 is 2.82 bits per heavy atom. The first kappa shape index (κ1) is 22.1. The molecule has 2 N–H and O–H groups in total. The number of carbonyl (C=O) groups excluding carboxylic acids is 1. The lowest BCUT2D eigenvalue weighted by atomic mass is 10.1. The summed E-state index contributed by atoms with van der Waals surface area (Å²) in [6, 6.07) is 12.7. The van der Waals surface area contributed by atoms with Crippen molar-refractivity contribution in [3.05, 3.63) is 87.5 Å². The molecule has 1 aliphatic rings. The number of rotatable bonds is 5. The van der Waals surface area contributed by atoms with Crippen LogP contribution in [0.3, 0.4) is 0 Å². The quantitative estimate of drug-likeness (QED) is 0.567. The van der Waals surface area contributed by atoms with Gasteiger partial charge in [-0.05, 0) is 42.8 Å². The Kier molecular flexibility index (Phi) is 6.14. The number of hydrogen-bond acceptors (Lipinski definition) is 7. The maximum absolute atomic E-state index is 11.8. The normalized spacial score (nSPS) is 13.4. The minimum Gasteiger partial charge on any atom is -0.453 e. The average Bonchev–Trinajstić information content (AvgIpc) is 3.23. The minimum absolute atomic E-state index is 0.361. The molecule has 0 aliphatic carbocycles. The van der Waals surface area contributed by atoms with Crippen LogP contribution in [0.1, 0.15) is 18.1 Å². The van der Waals surface area contributed by atoms with Crippen LogP contribution in [0.25, 0.3) is 17.1 Å². The zero-order chi connectivity index (χ0) is 23.5. The van der Waals surface area contributed by atoms with Crippen molar-refractivity contribution >= 4 is 34.9 Å². The molecule has 168 valence electrons. The van der Waals surface area contributed by atoms with Gasteiger partial charge in [-0.2, -0.15) is 0 Å². The van der Waals surface area contributed by atoms with Gasteiger partial charge < -0.3 is 9.64 Å². The molecule has 0 saturated carbocycles. The number of amidine groups is 1. The van der Waals surface area contributed by atoms with Gasteiger partial charge >= 0.3 is 11.8 Å². The number of H-pyrrole nitrogens is 1. The maximum atomic E-state index is 11.8. The van der Waals surface area contributed by atoms with Crippen molar-refractivity contribution in [2.24, 2.45) is 4.99 Å². The second-order valence-electron chi connectivity index (χ2n) is 7.22.